The molecule has 1 rings (SSSR count). The van der Waals surface area contributed by atoms with Gasteiger partial charge >= 0.3 is 5.97 Å². The molecular formula is C12H14BrFN4O2. The van der Waals surface area contributed by atoms with E-state index in [0.29, 0.717) is 4.47 Å². The first kappa shape index (κ1) is 16.4. The minimum Gasteiger partial charge on any atom is -0.465 e. The van der Waals surface area contributed by atoms with Crippen LogP contribution in [0.2, 0.25) is 0 Å². The number of carbonyl (C=O) groups is 1. The maximum absolute atomic E-state index is 13.9. The molecule has 0 saturated heterocycles. The van der Waals surface area contributed by atoms with Crippen LogP contribution >= 0.6 is 15.9 Å². The van der Waals surface area contributed by atoms with Gasteiger partial charge in [-0.25, -0.2) is 9.18 Å². The lowest BCUT2D eigenvalue weighted by molar-refractivity contribution is -0.145. The lowest BCUT2D eigenvalue weighted by Crippen LogP contribution is -2.32. The van der Waals surface area contributed by atoms with Crippen molar-refractivity contribution in [2.45, 2.75) is 13.0 Å². The molecule has 0 aliphatic heterocycles. The number of benzene rings is 1. The number of hydrogen-bond acceptors (Lipinski definition) is 4. The predicted octanol–water partition coefficient (Wildman–Crippen LogP) is 3.09. The second-order valence-electron chi connectivity index (χ2n) is 3.76. The Labute approximate surface area is 124 Å². The molecule has 8 heteroatoms. The van der Waals surface area contributed by atoms with E-state index in [1.165, 1.54) is 12.1 Å². The Balaban J connectivity index is 2.90. The number of nitrogens with zero attached hydrogens (tertiary/aromatic N) is 3. The molecule has 0 radical (unpaired) electrons. The molecule has 0 spiro atoms. The molecule has 1 N–H and O–H groups in total. The normalized spacial score (nSPS) is 11.6. The lowest BCUT2D eigenvalue weighted by Gasteiger charge is -2.18. The zero-order valence-corrected chi connectivity index (χ0v) is 12.4. The summed E-state index contributed by atoms with van der Waals surface area (Å²) in [4.78, 5) is 14.5. The van der Waals surface area contributed by atoms with Gasteiger partial charge in [0.15, 0.2) is 0 Å². The molecule has 6 nitrogen and oxygen atoms in total. The van der Waals surface area contributed by atoms with Gasteiger partial charge in [0.25, 0.3) is 0 Å². The quantitative estimate of drug-likeness (QED) is 0.271. The minimum absolute atomic E-state index is 0.157. The maximum Gasteiger partial charge on any atom is 0.327 e. The fourth-order valence-corrected chi connectivity index (χ4v) is 1.92. The summed E-state index contributed by atoms with van der Waals surface area (Å²) in [6, 6.07) is 3.48. The van der Waals surface area contributed by atoms with Crippen molar-refractivity contribution in [2.24, 2.45) is 5.11 Å². The average molecular weight is 345 g/mol. The fourth-order valence-electron chi connectivity index (χ4n) is 1.59. The first-order valence-electron chi connectivity index (χ1n) is 5.96. The number of ether oxygens (including phenoxy) is 1. The number of nitrogens with one attached hydrogen (secondary N) is 1. The molecule has 1 unspecified atom stereocenters. The van der Waals surface area contributed by atoms with Crippen molar-refractivity contribution < 1.29 is 13.9 Å². The topological polar surface area (TPSA) is 87.1 Å². The molecule has 0 aliphatic carbocycles. The summed E-state index contributed by atoms with van der Waals surface area (Å²) in [5, 5.41) is 6.16. The van der Waals surface area contributed by atoms with E-state index in [9.17, 15) is 9.18 Å². The van der Waals surface area contributed by atoms with Crippen molar-refractivity contribution in [1.29, 1.82) is 0 Å². The van der Waals surface area contributed by atoms with Gasteiger partial charge in [0, 0.05) is 28.0 Å². The van der Waals surface area contributed by atoms with Gasteiger partial charge in [-0.3, -0.25) is 0 Å². The molecule has 20 heavy (non-hydrogen) atoms. The highest BCUT2D eigenvalue weighted by atomic mass is 79.9. The number of carbonyl (C=O) groups excluding carboxylic acids is 1. The van der Waals surface area contributed by atoms with E-state index in [-0.39, 0.29) is 25.3 Å². The Morgan fingerprint density at radius 3 is 3.00 bits per heavy atom. The smallest absolute Gasteiger partial charge is 0.327 e. The lowest BCUT2D eigenvalue weighted by atomic mass is 10.1. The SMILES string of the molecule is CCOC(=O)C(NCCN=[N+]=[N-])c1ccc(Br)cc1F. The van der Waals surface area contributed by atoms with Crippen LogP contribution in [-0.4, -0.2) is 25.7 Å². The van der Waals surface area contributed by atoms with Crippen molar-refractivity contribution >= 4 is 21.9 Å². The van der Waals surface area contributed by atoms with E-state index in [1.807, 2.05) is 0 Å². The van der Waals surface area contributed by atoms with Gasteiger partial charge in [0.2, 0.25) is 0 Å². The Bertz CT molecular complexity index is 520. The summed E-state index contributed by atoms with van der Waals surface area (Å²) in [7, 11) is 0. The van der Waals surface area contributed by atoms with Crippen LogP contribution in [0.1, 0.15) is 18.5 Å². The minimum atomic E-state index is -0.933. The second-order valence-corrected chi connectivity index (χ2v) is 4.68. The van der Waals surface area contributed by atoms with Crippen LogP contribution in [0.5, 0.6) is 0 Å². The Morgan fingerprint density at radius 1 is 1.65 bits per heavy atom. The van der Waals surface area contributed by atoms with Crippen LogP contribution in [-0.2, 0) is 9.53 Å². The van der Waals surface area contributed by atoms with Gasteiger partial charge in [-0.15, -0.1) is 0 Å². The molecule has 1 atom stereocenters. The van der Waals surface area contributed by atoms with Crippen molar-refractivity contribution in [1.82, 2.24) is 5.32 Å². The number of halogens is 2. The number of rotatable bonds is 7. The third-order valence-electron chi connectivity index (χ3n) is 2.42. The monoisotopic (exact) mass is 344 g/mol. The number of esters is 1. The van der Waals surface area contributed by atoms with Gasteiger partial charge < -0.3 is 10.1 Å². The van der Waals surface area contributed by atoms with Gasteiger partial charge in [-0.1, -0.05) is 27.1 Å². The fraction of sp³-hybridized carbons (Fsp3) is 0.417. The van der Waals surface area contributed by atoms with Crippen molar-refractivity contribution in [3.63, 3.8) is 0 Å². The van der Waals surface area contributed by atoms with E-state index >= 15 is 0 Å². The zero-order valence-electron chi connectivity index (χ0n) is 10.8. The molecule has 0 fully saturated rings. The highest BCUT2D eigenvalue weighted by Crippen LogP contribution is 2.22. The predicted molar refractivity (Wildman–Crippen MR) is 75.5 cm³/mol. The molecule has 108 valence electrons. The largest absolute Gasteiger partial charge is 0.465 e. The molecular weight excluding hydrogens is 331 g/mol. The van der Waals surface area contributed by atoms with Crippen molar-refractivity contribution in [2.75, 3.05) is 19.7 Å². The Morgan fingerprint density at radius 2 is 2.40 bits per heavy atom. The van der Waals surface area contributed by atoms with Crippen LogP contribution in [0.4, 0.5) is 4.39 Å². The summed E-state index contributed by atoms with van der Waals surface area (Å²) in [5.74, 6) is -1.09. The van der Waals surface area contributed by atoms with Gasteiger partial charge in [0.05, 0.1) is 6.61 Å². The summed E-state index contributed by atoms with van der Waals surface area (Å²) in [5.41, 5.74) is 8.38. The summed E-state index contributed by atoms with van der Waals surface area (Å²) < 4.78 is 19.4. The Hall–Kier alpha value is -1.63. The molecule has 0 aliphatic rings. The van der Waals surface area contributed by atoms with Crippen LogP contribution in [0.3, 0.4) is 0 Å². The molecule has 1 aromatic carbocycles. The van der Waals surface area contributed by atoms with Crippen LogP contribution in [0.15, 0.2) is 27.8 Å². The second kappa shape index (κ2) is 8.52. The molecule has 1 aromatic rings. The molecule has 0 saturated carbocycles. The van der Waals surface area contributed by atoms with Crippen molar-refractivity contribution in [3.05, 3.63) is 44.5 Å². The standard InChI is InChI=1S/C12H14BrFN4O2/c1-2-20-12(19)11(16-5-6-17-18-15)9-4-3-8(13)7-10(9)14/h3-4,7,11,16H,2,5-6H2,1H3. The first-order valence-corrected chi connectivity index (χ1v) is 6.75. The van der Waals surface area contributed by atoms with Crippen LogP contribution in [0, 0.1) is 5.82 Å². The van der Waals surface area contributed by atoms with Crippen LogP contribution in [0.25, 0.3) is 10.4 Å². The van der Waals surface area contributed by atoms with Gasteiger partial charge in [-0.2, -0.15) is 0 Å². The third kappa shape index (κ3) is 4.80. The van der Waals surface area contributed by atoms with Gasteiger partial charge in [-0.05, 0) is 24.6 Å². The van der Waals surface area contributed by atoms with E-state index in [2.05, 4.69) is 31.3 Å². The third-order valence-corrected chi connectivity index (χ3v) is 2.91. The average Bonchev–Trinajstić information content (AvgIpc) is 2.40. The highest BCUT2D eigenvalue weighted by molar-refractivity contribution is 9.10. The van der Waals surface area contributed by atoms with E-state index < -0.39 is 17.8 Å². The van der Waals surface area contributed by atoms with Crippen molar-refractivity contribution in [3.8, 4) is 0 Å². The zero-order chi connectivity index (χ0) is 15.0. The summed E-state index contributed by atoms with van der Waals surface area (Å²) in [6.45, 7) is 2.27. The molecule has 0 amide bonds. The Kier molecular flexibility index (Phi) is 7.00. The molecule has 0 aromatic heterocycles. The number of hydrogen-bond donors (Lipinski definition) is 1. The summed E-state index contributed by atoms with van der Waals surface area (Å²) in [6.07, 6.45) is 0. The van der Waals surface area contributed by atoms with E-state index in [1.54, 1.807) is 13.0 Å². The first-order chi connectivity index (χ1) is 9.60. The van der Waals surface area contributed by atoms with E-state index in [4.69, 9.17) is 10.3 Å². The number of azide groups is 1. The highest BCUT2D eigenvalue weighted by Gasteiger charge is 2.24. The summed E-state index contributed by atoms with van der Waals surface area (Å²) >= 11 is 3.15. The maximum atomic E-state index is 13.9. The van der Waals surface area contributed by atoms with Crippen LogP contribution < -0.4 is 5.32 Å². The molecule has 0 bridgehead atoms. The van der Waals surface area contributed by atoms with E-state index in [0.717, 1.165) is 0 Å². The van der Waals surface area contributed by atoms with Gasteiger partial charge in [0.1, 0.15) is 11.9 Å². The molecule has 0 heterocycles.